The van der Waals surface area contributed by atoms with Gasteiger partial charge in [0, 0.05) is 32.2 Å². The summed E-state index contributed by atoms with van der Waals surface area (Å²) in [5.41, 5.74) is -1.17. The summed E-state index contributed by atoms with van der Waals surface area (Å²) in [7, 11) is -4.31. The van der Waals surface area contributed by atoms with E-state index < -0.39 is 26.7 Å². The topological polar surface area (TPSA) is 69.7 Å². The van der Waals surface area contributed by atoms with E-state index in [0.29, 0.717) is 25.9 Å². The number of carbonyl (C=O) groups excluding carboxylic acids is 1. The first-order valence-electron chi connectivity index (χ1n) is 8.38. The Balaban J connectivity index is 0.00000261. The molecule has 0 spiro atoms. The minimum absolute atomic E-state index is 0. The third-order valence-corrected chi connectivity index (χ3v) is 6.66. The first-order valence-corrected chi connectivity index (χ1v) is 9.82. The molecule has 1 N–H and O–H groups in total. The van der Waals surface area contributed by atoms with Gasteiger partial charge in [-0.1, -0.05) is 12.1 Å². The van der Waals surface area contributed by atoms with Gasteiger partial charge in [0.15, 0.2) is 0 Å². The predicted molar refractivity (Wildman–Crippen MR) is 95.1 cm³/mol. The second-order valence-corrected chi connectivity index (χ2v) is 8.32. The van der Waals surface area contributed by atoms with Crippen LogP contribution in [0.1, 0.15) is 18.4 Å². The van der Waals surface area contributed by atoms with E-state index in [9.17, 15) is 26.4 Å². The Morgan fingerprint density at radius 2 is 1.85 bits per heavy atom. The van der Waals surface area contributed by atoms with Crippen molar-refractivity contribution in [3.8, 4) is 0 Å². The summed E-state index contributed by atoms with van der Waals surface area (Å²) in [4.78, 5) is 12.9. The third kappa shape index (κ3) is 4.56. The van der Waals surface area contributed by atoms with Gasteiger partial charge in [-0.3, -0.25) is 4.79 Å². The van der Waals surface area contributed by atoms with E-state index in [0.717, 1.165) is 16.4 Å². The van der Waals surface area contributed by atoms with Crippen molar-refractivity contribution in [3.05, 3.63) is 29.8 Å². The zero-order valence-electron chi connectivity index (χ0n) is 14.4. The Labute approximate surface area is 162 Å². The van der Waals surface area contributed by atoms with Crippen LogP contribution in [-0.4, -0.2) is 62.3 Å². The summed E-state index contributed by atoms with van der Waals surface area (Å²) in [5.74, 6) is -0.115. The molecular formula is C16H21ClF3N3O3S. The van der Waals surface area contributed by atoms with Crippen molar-refractivity contribution in [2.75, 3.05) is 32.7 Å². The van der Waals surface area contributed by atoms with Gasteiger partial charge in [0.2, 0.25) is 15.9 Å². The van der Waals surface area contributed by atoms with Crippen molar-refractivity contribution in [2.24, 2.45) is 0 Å². The number of piperazine rings is 1. The molecule has 1 unspecified atom stereocenters. The number of benzene rings is 1. The number of nitrogens with zero attached hydrogens (tertiary/aromatic N) is 2. The summed E-state index contributed by atoms with van der Waals surface area (Å²) >= 11 is 0. The first-order chi connectivity index (χ1) is 12.2. The lowest BCUT2D eigenvalue weighted by atomic mass is 10.1. The highest BCUT2D eigenvalue weighted by Crippen LogP contribution is 2.35. The minimum atomic E-state index is -4.76. The molecule has 2 aliphatic heterocycles. The lowest BCUT2D eigenvalue weighted by Gasteiger charge is -2.40. The van der Waals surface area contributed by atoms with Crippen LogP contribution in [0.15, 0.2) is 29.2 Å². The maximum Gasteiger partial charge on any atom is 0.417 e. The average Bonchev–Trinajstić information content (AvgIpc) is 2.61. The van der Waals surface area contributed by atoms with Crippen LogP contribution in [0.5, 0.6) is 0 Å². The fourth-order valence-corrected chi connectivity index (χ4v) is 5.19. The molecule has 11 heteroatoms. The number of hydrogen-bond acceptors (Lipinski definition) is 4. The summed E-state index contributed by atoms with van der Waals surface area (Å²) in [6.45, 7) is 1.44. The zero-order valence-corrected chi connectivity index (χ0v) is 16.0. The van der Waals surface area contributed by atoms with Crippen LogP contribution in [0.3, 0.4) is 0 Å². The number of carbonyl (C=O) groups is 1. The molecule has 2 saturated heterocycles. The number of amides is 1. The lowest BCUT2D eigenvalue weighted by molar-refractivity contribution is -0.140. The van der Waals surface area contributed by atoms with E-state index in [1.165, 1.54) is 12.1 Å². The molecule has 0 bridgehead atoms. The molecule has 3 rings (SSSR count). The van der Waals surface area contributed by atoms with E-state index in [4.69, 9.17) is 0 Å². The van der Waals surface area contributed by atoms with Crippen LogP contribution < -0.4 is 5.32 Å². The largest absolute Gasteiger partial charge is 0.417 e. The summed E-state index contributed by atoms with van der Waals surface area (Å²) in [6.07, 6.45) is -3.62. The minimum Gasteiger partial charge on any atom is -0.336 e. The number of rotatable bonds is 3. The highest BCUT2D eigenvalue weighted by molar-refractivity contribution is 7.89. The third-order valence-electron chi connectivity index (χ3n) is 4.74. The highest BCUT2D eigenvalue weighted by atomic mass is 35.5. The van der Waals surface area contributed by atoms with Crippen LogP contribution in [0.25, 0.3) is 0 Å². The molecular weight excluding hydrogens is 407 g/mol. The molecule has 2 fully saturated rings. The van der Waals surface area contributed by atoms with Gasteiger partial charge in [-0.25, -0.2) is 8.42 Å². The molecule has 1 aromatic carbocycles. The van der Waals surface area contributed by atoms with Crippen molar-refractivity contribution < 1.29 is 26.4 Å². The van der Waals surface area contributed by atoms with Gasteiger partial charge >= 0.3 is 6.18 Å². The van der Waals surface area contributed by atoms with Gasteiger partial charge < -0.3 is 10.2 Å². The first kappa shape index (κ1) is 21.9. The fourth-order valence-electron chi connectivity index (χ4n) is 3.47. The molecule has 2 heterocycles. The highest BCUT2D eigenvalue weighted by Gasteiger charge is 2.41. The van der Waals surface area contributed by atoms with Crippen LogP contribution in [-0.2, 0) is 21.0 Å². The smallest absolute Gasteiger partial charge is 0.336 e. The quantitative estimate of drug-likeness (QED) is 0.797. The van der Waals surface area contributed by atoms with Crippen molar-refractivity contribution >= 4 is 28.3 Å². The number of sulfonamides is 1. The predicted octanol–water partition coefficient (Wildman–Crippen LogP) is 1.71. The standard InChI is InChI=1S/C16H20F3N3O3S.ClH/c17-16(18,19)13-5-1-2-6-14(13)26(24,25)21-8-3-4-12(11-21)22-9-7-20-10-15(22)23;/h1-2,5-6,12,20H,3-4,7-11H2;1H. The summed E-state index contributed by atoms with van der Waals surface area (Å²) in [5, 5.41) is 2.95. The number of piperidine rings is 1. The van der Waals surface area contributed by atoms with Crippen LogP contribution >= 0.6 is 12.4 Å². The van der Waals surface area contributed by atoms with Crippen molar-refractivity contribution in [2.45, 2.75) is 30.0 Å². The molecule has 0 aliphatic carbocycles. The molecule has 1 atom stereocenters. The Bertz CT molecular complexity index is 789. The fraction of sp³-hybridized carbons (Fsp3) is 0.562. The Hall–Kier alpha value is -1.36. The van der Waals surface area contributed by atoms with Gasteiger partial charge in [0.05, 0.1) is 17.0 Å². The number of nitrogens with one attached hydrogen (secondary N) is 1. The normalized spacial score (nSPS) is 22.4. The molecule has 152 valence electrons. The monoisotopic (exact) mass is 427 g/mol. The van der Waals surface area contributed by atoms with Crippen molar-refractivity contribution in [3.63, 3.8) is 0 Å². The maximum absolute atomic E-state index is 13.2. The van der Waals surface area contributed by atoms with Crippen LogP contribution in [0.2, 0.25) is 0 Å². The Morgan fingerprint density at radius 3 is 2.52 bits per heavy atom. The molecule has 0 aromatic heterocycles. The molecule has 6 nitrogen and oxygen atoms in total. The second-order valence-electron chi connectivity index (χ2n) is 6.42. The van der Waals surface area contributed by atoms with Crippen molar-refractivity contribution in [1.82, 2.24) is 14.5 Å². The van der Waals surface area contributed by atoms with Gasteiger partial charge in [-0.2, -0.15) is 17.5 Å². The Morgan fingerprint density at radius 1 is 1.15 bits per heavy atom. The molecule has 27 heavy (non-hydrogen) atoms. The summed E-state index contributed by atoms with van der Waals surface area (Å²) in [6, 6.07) is 3.89. The van der Waals surface area contributed by atoms with Gasteiger partial charge in [-0.15, -0.1) is 12.4 Å². The molecule has 2 aliphatic rings. The van der Waals surface area contributed by atoms with Crippen LogP contribution in [0.4, 0.5) is 13.2 Å². The van der Waals surface area contributed by atoms with Crippen LogP contribution in [0, 0.1) is 0 Å². The lowest BCUT2D eigenvalue weighted by Crippen LogP contribution is -2.57. The van der Waals surface area contributed by atoms with Gasteiger partial charge in [0.25, 0.3) is 0 Å². The molecule has 0 saturated carbocycles. The number of hydrogen-bond donors (Lipinski definition) is 1. The van der Waals surface area contributed by atoms with E-state index in [-0.39, 0.29) is 44.0 Å². The van der Waals surface area contributed by atoms with E-state index in [2.05, 4.69) is 5.32 Å². The van der Waals surface area contributed by atoms with Crippen molar-refractivity contribution in [1.29, 1.82) is 0 Å². The SMILES string of the molecule is Cl.O=C1CNCCN1C1CCCN(S(=O)(=O)c2ccccc2C(F)(F)F)C1. The Kier molecular flexibility index (Phi) is 6.77. The maximum atomic E-state index is 13.2. The molecule has 1 amide bonds. The molecule has 0 radical (unpaired) electrons. The van der Waals surface area contributed by atoms with Gasteiger partial charge in [0.1, 0.15) is 0 Å². The zero-order chi connectivity index (χ0) is 18.9. The summed E-state index contributed by atoms with van der Waals surface area (Å²) < 4.78 is 66.5. The van der Waals surface area contributed by atoms with E-state index >= 15 is 0 Å². The van der Waals surface area contributed by atoms with Gasteiger partial charge in [-0.05, 0) is 25.0 Å². The number of halogens is 4. The van der Waals surface area contributed by atoms with E-state index in [1.807, 2.05) is 0 Å². The average molecular weight is 428 g/mol. The van der Waals surface area contributed by atoms with E-state index in [1.54, 1.807) is 4.90 Å². The molecule has 1 aromatic rings. The second kappa shape index (κ2) is 8.34. The number of alkyl halides is 3.